The molecule has 1 atom stereocenters. The van der Waals surface area contributed by atoms with Crippen molar-refractivity contribution in [2.75, 3.05) is 13.2 Å². The summed E-state index contributed by atoms with van der Waals surface area (Å²) < 4.78 is 11.5. The lowest BCUT2D eigenvalue weighted by molar-refractivity contribution is 0.0676. The first-order chi connectivity index (χ1) is 12.8. The largest absolute Gasteiger partial charge is 0.491 e. The number of hydrogen-bond acceptors (Lipinski definition) is 3. The second-order valence-electron chi connectivity index (χ2n) is 7.12. The molecule has 0 N–H and O–H groups in total. The van der Waals surface area contributed by atoms with Crippen molar-refractivity contribution < 1.29 is 14.3 Å². The summed E-state index contributed by atoms with van der Waals surface area (Å²) in [5, 5.41) is 0. The van der Waals surface area contributed by atoms with Crippen LogP contribution in [0.3, 0.4) is 0 Å². The molecule has 1 heterocycles. The number of amides is 1. The van der Waals surface area contributed by atoms with Gasteiger partial charge in [0.05, 0.1) is 6.10 Å². The van der Waals surface area contributed by atoms with Crippen LogP contribution in [0.5, 0.6) is 5.75 Å². The summed E-state index contributed by atoms with van der Waals surface area (Å²) in [6.45, 7) is 2.03. The minimum Gasteiger partial charge on any atom is -0.491 e. The van der Waals surface area contributed by atoms with Gasteiger partial charge in [-0.1, -0.05) is 36.4 Å². The van der Waals surface area contributed by atoms with E-state index in [0.29, 0.717) is 24.8 Å². The third-order valence-electron chi connectivity index (χ3n) is 4.99. The number of benzene rings is 2. The highest BCUT2D eigenvalue weighted by Crippen LogP contribution is 2.30. The lowest BCUT2D eigenvalue weighted by Gasteiger charge is -2.23. The minimum atomic E-state index is 0.0823. The third-order valence-corrected chi connectivity index (χ3v) is 4.99. The van der Waals surface area contributed by atoms with Crippen molar-refractivity contribution in [3.05, 3.63) is 65.7 Å². The highest BCUT2D eigenvalue weighted by molar-refractivity contribution is 5.95. The maximum absolute atomic E-state index is 13.1. The summed E-state index contributed by atoms with van der Waals surface area (Å²) in [5.41, 5.74) is 1.86. The quantitative estimate of drug-likeness (QED) is 0.755. The van der Waals surface area contributed by atoms with Gasteiger partial charge in [0.15, 0.2) is 0 Å². The van der Waals surface area contributed by atoms with Gasteiger partial charge in [-0.3, -0.25) is 4.79 Å². The van der Waals surface area contributed by atoms with E-state index in [2.05, 4.69) is 12.1 Å². The fourth-order valence-corrected chi connectivity index (χ4v) is 3.38. The zero-order valence-corrected chi connectivity index (χ0v) is 15.0. The Morgan fingerprint density at radius 2 is 1.92 bits per heavy atom. The first kappa shape index (κ1) is 17.1. The molecule has 1 saturated heterocycles. The van der Waals surface area contributed by atoms with E-state index in [9.17, 15) is 4.79 Å². The number of carbonyl (C=O) groups excluding carboxylic acids is 1. The van der Waals surface area contributed by atoms with Crippen molar-refractivity contribution in [3.63, 3.8) is 0 Å². The molecule has 1 amide bonds. The maximum atomic E-state index is 13.1. The Kier molecular flexibility index (Phi) is 5.21. The number of ether oxygens (including phenoxy) is 2. The summed E-state index contributed by atoms with van der Waals surface area (Å²) in [5.74, 6) is 0.820. The molecule has 2 aromatic carbocycles. The van der Waals surface area contributed by atoms with Crippen LogP contribution in [0.4, 0.5) is 0 Å². The second-order valence-corrected chi connectivity index (χ2v) is 7.12. The summed E-state index contributed by atoms with van der Waals surface area (Å²) in [7, 11) is 0. The Bertz CT molecular complexity index is 736. The molecule has 0 spiro atoms. The molecule has 1 saturated carbocycles. The zero-order chi connectivity index (χ0) is 17.8. The first-order valence-electron chi connectivity index (χ1n) is 9.49. The fourth-order valence-electron chi connectivity index (χ4n) is 3.38. The van der Waals surface area contributed by atoms with Crippen molar-refractivity contribution in [2.24, 2.45) is 0 Å². The Morgan fingerprint density at radius 3 is 2.65 bits per heavy atom. The topological polar surface area (TPSA) is 38.8 Å². The van der Waals surface area contributed by atoms with Crippen LogP contribution in [-0.2, 0) is 11.3 Å². The predicted molar refractivity (Wildman–Crippen MR) is 100 cm³/mol. The Balaban J connectivity index is 1.44. The van der Waals surface area contributed by atoms with Gasteiger partial charge in [0.2, 0.25) is 0 Å². The van der Waals surface area contributed by atoms with Gasteiger partial charge in [-0.25, -0.2) is 0 Å². The summed E-state index contributed by atoms with van der Waals surface area (Å²) in [6.07, 6.45) is 4.50. The van der Waals surface area contributed by atoms with E-state index in [1.54, 1.807) is 0 Å². The molecular formula is C22H25NO3. The standard InChI is InChI=1S/C22H25NO3/c24-22(23(19-11-12-19)15-17-6-2-1-3-7-17)18-8-4-9-20(14-18)26-16-21-10-5-13-25-21/h1-4,6-9,14,19,21H,5,10-13,15-16H2. The average molecular weight is 351 g/mol. The molecule has 2 aromatic rings. The molecule has 26 heavy (non-hydrogen) atoms. The van der Waals surface area contributed by atoms with Crippen LogP contribution in [0.15, 0.2) is 54.6 Å². The predicted octanol–water partition coefficient (Wildman–Crippen LogP) is 4.05. The van der Waals surface area contributed by atoms with Crippen LogP contribution < -0.4 is 4.74 Å². The van der Waals surface area contributed by atoms with Gasteiger partial charge >= 0.3 is 0 Å². The Hall–Kier alpha value is -2.33. The molecule has 0 radical (unpaired) electrons. The van der Waals surface area contributed by atoms with Gasteiger partial charge in [0, 0.05) is 24.8 Å². The van der Waals surface area contributed by atoms with Gasteiger partial charge in [-0.15, -0.1) is 0 Å². The van der Waals surface area contributed by atoms with Crippen LogP contribution in [0.1, 0.15) is 41.6 Å². The Labute approximate surface area is 154 Å². The van der Waals surface area contributed by atoms with E-state index in [1.165, 1.54) is 5.56 Å². The summed E-state index contributed by atoms with van der Waals surface area (Å²) >= 11 is 0. The number of nitrogens with zero attached hydrogens (tertiary/aromatic N) is 1. The molecule has 1 unspecified atom stereocenters. The van der Waals surface area contributed by atoms with Crippen LogP contribution in [-0.4, -0.2) is 36.2 Å². The molecule has 136 valence electrons. The van der Waals surface area contributed by atoms with Gasteiger partial charge in [-0.05, 0) is 49.4 Å². The maximum Gasteiger partial charge on any atom is 0.254 e. The highest BCUT2D eigenvalue weighted by Gasteiger charge is 2.33. The van der Waals surface area contributed by atoms with Crippen molar-refractivity contribution >= 4 is 5.91 Å². The lowest BCUT2D eigenvalue weighted by Crippen LogP contribution is -2.32. The van der Waals surface area contributed by atoms with E-state index >= 15 is 0 Å². The van der Waals surface area contributed by atoms with Gasteiger partial charge < -0.3 is 14.4 Å². The molecule has 1 aliphatic carbocycles. The summed E-state index contributed by atoms with van der Waals surface area (Å²) in [6, 6.07) is 18.1. The molecule has 2 fully saturated rings. The number of hydrogen-bond donors (Lipinski definition) is 0. The molecule has 0 aromatic heterocycles. The Morgan fingerprint density at radius 1 is 1.08 bits per heavy atom. The molecule has 1 aliphatic heterocycles. The van der Waals surface area contributed by atoms with Gasteiger partial charge in [0.1, 0.15) is 12.4 Å². The zero-order valence-electron chi connectivity index (χ0n) is 15.0. The van der Waals surface area contributed by atoms with E-state index in [0.717, 1.165) is 38.0 Å². The van der Waals surface area contributed by atoms with Crippen molar-refractivity contribution in [1.82, 2.24) is 4.90 Å². The highest BCUT2D eigenvalue weighted by atomic mass is 16.5. The first-order valence-corrected chi connectivity index (χ1v) is 9.49. The molecule has 4 heteroatoms. The lowest BCUT2D eigenvalue weighted by atomic mass is 10.1. The van der Waals surface area contributed by atoms with Crippen molar-refractivity contribution in [3.8, 4) is 5.75 Å². The van der Waals surface area contributed by atoms with Crippen LogP contribution in [0.2, 0.25) is 0 Å². The van der Waals surface area contributed by atoms with Gasteiger partial charge in [0.25, 0.3) is 5.91 Å². The average Bonchev–Trinajstić information content (AvgIpc) is 3.40. The molecular weight excluding hydrogens is 326 g/mol. The molecule has 4 nitrogen and oxygen atoms in total. The monoisotopic (exact) mass is 351 g/mol. The van der Waals surface area contributed by atoms with Crippen LogP contribution >= 0.6 is 0 Å². The summed E-state index contributed by atoms with van der Waals surface area (Å²) in [4.78, 5) is 15.1. The van der Waals surface area contributed by atoms with E-state index in [1.807, 2.05) is 47.4 Å². The van der Waals surface area contributed by atoms with Gasteiger partial charge in [-0.2, -0.15) is 0 Å². The van der Waals surface area contributed by atoms with E-state index < -0.39 is 0 Å². The van der Waals surface area contributed by atoms with Crippen LogP contribution in [0, 0.1) is 0 Å². The minimum absolute atomic E-state index is 0.0823. The SMILES string of the molecule is O=C(c1cccc(OCC2CCCO2)c1)N(Cc1ccccc1)C1CC1. The molecule has 2 aliphatic rings. The fraction of sp³-hybridized carbons (Fsp3) is 0.409. The molecule has 0 bridgehead atoms. The van der Waals surface area contributed by atoms with Crippen LogP contribution in [0.25, 0.3) is 0 Å². The van der Waals surface area contributed by atoms with Crippen molar-refractivity contribution in [2.45, 2.75) is 44.4 Å². The number of carbonyl (C=O) groups is 1. The third kappa shape index (κ3) is 4.25. The normalized spacial score (nSPS) is 19.3. The van der Waals surface area contributed by atoms with Crippen molar-refractivity contribution in [1.29, 1.82) is 0 Å². The van der Waals surface area contributed by atoms with E-state index in [4.69, 9.17) is 9.47 Å². The molecule has 4 rings (SSSR count). The van der Waals surface area contributed by atoms with E-state index in [-0.39, 0.29) is 12.0 Å². The smallest absolute Gasteiger partial charge is 0.254 e. The number of rotatable bonds is 7. The second kappa shape index (κ2) is 7.92.